The first-order valence-electron chi connectivity index (χ1n) is 7.17. The summed E-state index contributed by atoms with van der Waals surface area (Å²) in [5.41, 5.74) is -0.441. The molecule has 0 saturated carbocycles. The highest BCUT2D eigenvalue weighted by atomic mass is 16.6. The van der Waals surface area contributed by atoms with Crippen molar-refractivity contribution in [1.82, 2.24) is 9.80 Å². The van der Waals surface area contributed by atoms with E-state index in [0.717, 1.165) is 19.6 Å². The Kier molecular flexibility index (Phi) is 6.07. The Labute approximate surface area is 116 Å². The summed E-state index contributed by atoms with van der Waals surface area (Å²) in [6, 6.07) is 0. The lowest BCUT2D eigenvalue weighted by molar-refractivity contribution is -0.0515. The molecule has 19 heavy (non-hydrogen) atoms. The van der Waals surface area contributed by atoms with E-state index in [9.17, 15) is 4.79 Å². The maximum absolute atomic E-state index is 12.0. The fraction of sp³-hybridized carbons (Fsp3) is 0.929. The molecule has 1 aliphatic rings. The zero-order valence-corrected chi connectivity index (χ0v) is 12.9. The summed E-state index contributed by atoms with van der Waals surface area (Å²) in [6.07, 6.45) is -0.151. The van der Waals surface area contributed by atoms with Gasteiger partial charge in [0.25, 0.3) is 0 Å². The zero-order chi connectivity index (χ0) is 14.5. The average molecular weight is 272 g/mol. The first-order chi connectivity index (χ1) is 8.85. The number of likely N-dealkylation sites (N-methyl/N-ethyl adjacent to an activating group) is 1. The van der Waals surface area contributed by atoms with Crippen molar-refractivity contribution in [3.63, 3.8) is 0 Å². The second-order valence-corrected chi connectivity index (χ2v) is 5.91. The van der Waals surface area contributed by atoms with Gasteiger partial charge in [0, 0.05) is 13.1 Å². The maximum atomic E-state index is 12.0. The molecule has 1 heterocycles. The molecule has 5 nitrogen and oxygen atoms in total. The van der Waals surface area contributed by atoms with Crippen molar-refractivity contribution in [2.75, 3.05) is 39.3 Å². The van der Waals surface area contributed by atoms with E-state index in [2.05, 4.69) is 18.7 Å². The van der Waals surface area contributed by atoms with Crippen LogP contribution in [0.25, 0.3) is 0 Å². The van der Waals surface area contributed by atoms with Gasteiger partial charge < -0.3 is 19.3 Å². The Morgan fingerprint density at radius 2 is 2.00 bits per heavy atom. The summed E-state index contributed by atoms with van der Waals surface area (Å²) in [6.45, 7) is 14.6. The molecule has 1 fully saturated rings. The van der Waals surface area contributed by atoms with Crippen LogP contribution in [0.5, 0.6) is 0 Å². The molecular weight excluding hydrogens is 244 g/mol. The predicted molar refractivity (Wildman–Crippen MR) is 75.3 cm³/mol. The number of rotatable bonds is 4. The molecule has 0 aromatic rings. The normalized spacial score (nSPS) is 20.7. The highest BCUT2D eigenvalue weighted by Gasteiger charge is 2.28. The third-order valence-corrected chi connectivity index (χ3v) is 3.15. The Bertz CT molecular complexity index is 285. The number of amides is 1. The topological polar surface area (TPSA) is 42.0 Å². The van der Waals surface area contributed by atoms with Crippen LogP contribution in [-0.4, -0.2) is 66.9 Å². The number of ether oxygens (including phenoxy) is 2. The second kappa shape index (κ2) is 7.10. The molecule has 0 spiro atoms. The standard InChI is InChI=1S/C14H28N2O3/c1-6-15(7-2)10-12-11-16(8-9-18-12)13(17)19-14(3,4)5/h12H,6-11H2,1-5H3/t12-/m0/s1. The van der Waals surface area contributed by atoms with Crippen LogP contribution in [0, 0.1) is 0 Å². The van der Waals surface area contributed by atoms with Crippen molar-refractivity contribution in [3.05, 3.63) is 0 Å². The van der Waals surface area contributed by atoms with Crippen LogP contribution in [0.4, 0.5) is 4.79 Å². The van der Waals surface area contributed by atoms with Crippen LogP contribution in [0.15, 0.2) is 0 Å². The first kappa shape index (κ1) is 16.2. The van der Waals surface area contributed by atoms with E-state index in [-0.39, 0.29) is 12.2 Å². The van der Waals surface area contributed by atoms with Gasteiger partial charge in [-0.25, -0.2) is 4.79 Å². The van der Waals surface area contributed by atoms with Crippen molar-refractivity contribution in [2.24, 2.45) is 0 Å². The largest absolute Gasteiger partial charge is 0.444 e. The summed E-state index contributed by atoms with van der Waals surface area (Å²) < 4.78 is 11.1. The number of morpholine rings is 1. The van der Waals surface area contributed by atoms with Crippen molar-refractivity contribution >= 4 is 6.09 Å². The van der Waals surface area contributed by atoms with Crippen molar-refractivity contribution in [2.45, 2.75) is 46.3 Å². The van der Waals surface area contributed by atoms with E-state index in [0.29, 0.717) is 19.7 Å². The summed E-state index contributed by atoms with van der Waals surface area (Å²) in [7, 11) is 0. The fourth-order valence-corrected chi connectivity index (χ4v) is 2.09. The molecule has 0 aliphatic carbocycles. The number of nitrogens with zero attached hydrogens (tertiary/aromatic N) is 2. The predicted octanol–water partition coefficient (Wildman–Crippen LogP) is 1.96. The third-order valence-electron chi connectivity index (χ3n) is 3.15. The monoisotopic (exact) mass is 272 g/mol. The Balaban J connectivity index is 2.47. The number of hydrogen-bond acceptors (Lipinski definition) is 4. The lowest BCUT2D eigenvalue weighted by Crippen LogP contribution is -2.50. The third kappa shape index (κ3) is 5.78. The summed E-state index contributed by atoms with van der Waals surface area (Å²) in [5.74, 6) is 0. The lowest BCUT2D eigenvalue weighted by atomic mass is 10.2. The molecule has 1 aliphatic heterocycles. The van der Waals surface area contributed by atoms with Gasteiger partial charge in [0.05, 0.1) is 19.3 Å². The van der Waals surface area contributed by atoms with Crippen LogP contribution in [-0.2, 0) is 9.47 Å². The van der Waals surface area contributed by atoms with Crippen LogP contribution in [0.3, 0.4) is 0 Å². The highest BCUT2D eigenvalue weighted by Crippen LogP contribution is 2.13. The lowest BCUT2D eigenvalue weighted by Gasteiger charge is -2.36. The fourth-order valence-electron chi connectivity index (χ4n) is 2.09. The smallest absolute Gasteiger partial charge is 0.410 e. The van der Waals surface area contributed by atoms with Gasteiger partial charge in [-0.05, 0) is 33.9 Å². The number of carbonyl (C=O) groups excluding carboxylic acids is 1. The highest BCUT2D eigenvalue weighted by molar-refractivity contribution is 5.68. The number of hydrogen-bond donors (Lipinski definition) is 0. The van der Waals surface area contributed by atoms with Crippen LogP contribution >= 0.6 is 0 Å². The number of carbonyl (C=O) groups is 1. The van der Waals surface area contributed by atoms with Crippen molar-refractivity contribution < 1.29 is 14.3 Å². The SMILES string of the molecule is CCN(CC)C[C@H]1CN(C(=O)OC(C)(C)C)CCO1. The minimum absolute atomic E-state index is 0.0844. The quantitative estimate of drug-likeness (QED) is 0.784. The van der Waals surface area contributed by atoms with Gasteiger partial charge in [-0.2, -0.15) is 0 Å². The Morgan fingerprint density at radius 3 is 2.53 bits per heavy atom. The molecule has 112 valence electrons. The molecule has 0 radical (unpaired) electrons. The van der Waals surface area contributed by atoms with E-state index >= 15 is 0 Å². The molecular formula is C14H28N2O3. The Morgan fingerprint density at radius 1 is 1.37 bits per heavy atom. The molecule has 0 bridgehead atoms. The van der Waals surface area contributed by atoms with E-state index in [4.69, 9.17) is 9.47 Å². The minimum Gasteiger partial charge on any atom is -0.444 e. The molecule has 1 saturated heterocycles. The summed E-state index contributed by atoms with van der Waals surface area (Å²) in [5, 5.41) is 0. The first-order valence-corrected chi connectivity index (χ1v) is 7.17. The van der Waals surface area contributed by atoms with Gasteiger partial charge in [0.15, 0.2) is 0 Å². The molecule has 1 atom stereocenters. The van der Waals surface area contributed by atoms with Gasteiger partial charge in [-0.3, -0.25) is 0 Å². The van der Waals surface area contributed by atoms with Crippen LogP contribution in [0.2, 0.25) is 0 Å². The average Bonchev–Trinajstić information content (AvgIpc) is 2.34. The maximum Gasteiger partial charge on any atom is 0.410 e. The second-order valence-electron chi connectivity index (χ2n) is 5.91. The molecule has 0 N–H and O–H groups in total. The van der Waals surface area contributed by atoms with E-state index < -0.39 is 5.60 Å². The van der Waals surface area contributed by atoms with Crippen molar-refractivity contribution in [1.29, 1.82) is 0 Å². The van der Waals surface area contributed by atoms with Gasteiger partial charge >= 0.3 is 6.09 Å². The van der Waals surface area contributed by atoms with Gasteiger partial charge in [-0.15, -0.1) is 0 Å². The van der Waals surface area contributed by atoms with Crippen molar-refractivity contribution in [3.8, 4) is 0 Å². The Hall–Kier alpha value is -0.810. The zero-order valence-electron chi connectivity index (χ0n) is 12.9. The van der Waals surface area contributed by atoms with E-state index in [1.165, 1.54) is 0 Å². The van der Waals surface area contributed by atoms with Crippen LogP contribution < -0.4 is 0 Å². The summed E-state index contributed by atoms with van der Waals surface area (Å²) in [4.78, 5) is 16.1. The van der Waals surface area contributed by atoms with E-state index in [1.54, 1.807) is 4.90 Å². The van der Waals surface area contributed by atoms with Crippen LogP contribution in [0.1, 0.15) is 34.6 Å². The molecule has 1 amide bonds. The van der Waals surface area contributed by atoms with Gasteiger partial charge in [-0.1, -0.05) is 13.8 Å². The van der Waals surface area contributed by atoms with Gasteiger partial charge in [0.1, 0.15) is 5.60 Å². The molecule has 0 aromatic carbocycles. The molecule has 1 rings (SSSR count). The molecule has 5 heteroatoms. The minimum atomic E-state index is -0.441. The van der Waals surface area contributed by atoms with E-state index in [1.807, 2.05) is 20.8 Å². The molecule has 0 unspecified atom stereocenters. The van der Waals surface area contributed by atoms with Gasteiger partial charge in [0.2, 0.25) is 0 Å². The molecule has 0 aromatic heterocycles. The summed E-state index contributed by atoms with van der Waals surface area (Å²) >= 11 is 0.